The van der Waals surface area contributed by atoms with Gasteiger partial charge in [0.2, 0.25) is 5.91 Å². The van der Waals surface area contributed by atoms with Crippen molar-refractivity contribution in [2.45, 2.75) is 32.2 Å². The van der Waals surface area contributed by atoms with Gasteiger partial charge in [0.05, 0.1) is 0 Å². The van der Waals surface area contributed by atoms with Crippen LogP contribution < -0.4 is 5.32 Å². The molecule has 1 amide bonds. The second-order valence-electron chi connectivity index (χ2n) is 8.10. The van der Waals surface area contributed by atoms with E-state index in [-0.39, 0.29) is 24.0 Å². The third-order valence-electron chi connectivity index (χ3n) is 6.01. The van der Waals surface area contributed by atoms with Gasteiger partial charge in [-0.15, -0.1) is 24.0 Å². The number of rotatable bonds is 6. The Morgan fingerprint density at radius 2 is 1.80 bits per heavy atom. The number of benzene rings is 1. The van der Waals surface area contributed by atoms with Gasteiger partial charge in [-0.1, -0.05) is 36.6 Å². The summed E-state index contributed by atoms with van der Waals surface area (Å²) in [6, 6.07) is 7.91. The molecule has 0 aromatic heterocycles. The SMILES string of the molecule is CN=C(NCCN1CCN(C(=O)C2CCCC2)CC1)N(C)Cc1ccc(Cl)cc1.I. The van der Waals surface area contributed by atoms with E-state index in [9.17, 15) is 4.79 Å². The van der Waals surface area contributed by atoms with Crippen LogP contribution in [0.1, 0.15) is 31.2 Å². The minimum Gasteiger partial charge on any atom is -0.355 e. The molecule has 1 aromatic rings. The van der Waals surface area contributed by atoms with Crippen LogP contribution in [-0.2, 0) is 11.3 Å². The van der Waals surface area contributed by atoms with E-state index in [0.29, 0.717) is 11.8 Å². The molecule has 1 aromatic carbocycles. The van der Waals surface area contributed by atoms with Crippen molar-refractivity contribution in [1.29, 1.82) is 0 Å². The third kappa shape index (κ3) is 7.27. The van der Waals surface area contributed by atoms with Crippen molar-refractivity contribution in [3.63, 3.8) is 0 Å². The summed E-state index contributed by atoms with van der Waals surface area (Å²) in [5.74, 6) is 1.57. The molecule has 1 saturated carbocycles. The van der Waals surface area contributed by atoms with Crippen molar-refractivity contribution in [2.75, 3.05) is 53.4 Å². The molecule has 1 aliphatic heterocycles. The number of hydrogen-bond acceptors (Lipinski definition) is 3. The van der Waals surface area contributed by atoms with Crippen LogP contribution in [0, 0.1) is 5.92 Å². The normalized spacial score (nSPS) is 18.2. The van der Waals surface area contributed by atoms with Crippen LogP contribution >= 0.6 is 35.6 Å². The maximum Gasteiger partial charge on any atom is 0.225 e. The lowest BCUT2D eigenvalue weighted by molar-refractivity contribution is -0.137. The smallest absolute Gasteiger partial charge is 0.225 e. The fraction of sp³-hybridized carbons (Fsp3) is 0.636. The Balaban J connectivity index is 0.00000320. The van der Waals surface area contributed by atoms with E-state index in [1.54, 1.807) is 0 Å². The van der Waals surface area contributed by atoms with Gasteiger partial charge in [0.25, 0.3) is 0 Å². The first kappa shape index (κ1) is 25.2. The Morgan fingerprint density at radius 3 is 2.40 bits per heavy atom. The van der Waals surface area contributed by atoms with Gasteiger partial charge < -0.3 is 15.1 Å². The summed E-state index contributed by atoms with van der Waals surface area (Å²) in [7, 11) is 3.85. The summed E-state index contributed by atoms with van der Waals surface area (Å²) in [5, 5.41) is 4.21. The van der Waals surface area contributed by atoms with Crippen LogP contribution in [0.5, 0.6) is 0 Å². The topological polar surface area (TPSA) is 51.2 Å². The molecule has 1 aliphatic carbocycles. The largest absolute Gasteiger partial charge is 0.355 e. The van der Waals surface area contributed by atoms with Crippen LogP contribution in [-0.4, -0.2) is 79.9 Å². The van der Waals surface area contributed by atoms with Gasteiger partial charge in [-0.25, -0.2) is 0 Å². The van der Waals surface area contributed by atoms with Gasteiger partial charge in [0, 0.05) is 70.8 Å². The zero-order valence-corrected chi connectivity index (χ0v) is 21.2. The number of aliphatic imine (C=N–C) groups is 1. The molecule has 8 heteroatoms. The van der Waals surface area contributed by atoms with E-state index in [4.69, 9.17) is 11.6 Å². The highest BCUT2D eigenvalue weighted by Crippen LogP contribution is 2.26. The fourth-order valence-corrected chi connectivity index (χ4v) is 4.40. The van der Waals surface area contributed by atoms with Crippen LogP contribution in [0.25, 0.3) is 0 Å². The lowest BCUT2D eigenvalue weighted by Crippen LogP contribution is -2.51. The molecule has 168 valence electrons. The van der Waals surface area contributed by atoms with Crippen LogP contribution in [0.4, 0.5) is 0 Å². The van der Waals surface area contributed by atoms with Gasteiger partial charge in [-0.2, -0.15) is 0 Å². The van der Waals surface area contributed by atoms with Crippen molar-refractivity contribution in [3.8, 4) is 0 Å². The van der Waals surface area contributed by atoms with Gasteiger partial charge >= 0.3 is 0 Å². The zero-order valence-electron chi connectivity index (χ0n) is 18.1. The van der Waals surface area contributed by atoms with Crippen molar-refractivity contribution in [2.24, 2.45) is 10.9 Å². The number of guanidine groups is 1. The molecular formula is C22H35ClIN5O. The van der Waals surface area contributed by atoms with Crippen LogP contribution in [0.15, 0.2) is 29.3 Å². The molecule has 2 fully saturated rings. The quantitative estimate of drug-likeness (QED) is 0.337. The molecule has 1 saturated heterocycles. The fourth-order valence-electron chi connectivity index (χ4n) is 4.27. The van der Waals surface area contributed by atoms with Crippen molar-refractivity contribution >= 4 is 47.4 Å². The molecule has 0 bridgehead atoms. The predicted octanol–water partition coefficient (Wildman–Crippen LogP) is 3.30. The molecule has 0 spiro atoms. The van der Waals surface area contributed by atoms with Crippen molar-refractivity contribution in [3.05, 3.63) is 34.9 Å². The Kier molecular flexibility index (Phi) is 10.7. The first-order chi connectivity index (χ1) is 14.1. The van der Waals surface area contributed by atoms with Crippen LogP contribution in [0.3, 0.4) is 0 Å². The van der Waals surface area contributed by atoms with Crippen LogP contribution in [0.2, 0.25) is 5.02 Å². The maximum atomic E-state index is 12.6. The third-order valence-corrected chi connectivity index (χ3v) is 6.26. The molecule has 1 heterocycles. The Bertz CT molecular complexity index is 685. The van der Waals surface area contributed by atoms with E-state index in [1.807, 2.05) is 38.4 Å². The van der Waals surface area contributed by atoms with Gasteiger partial charge in [0.15, 0.2) is 5.96 Å². The van der Waals surface area contributed by atoms with E-state index in [0.717, 1.165) is 69.6 Å². The molecule has 2 aliphatic rings. The summed E-state index contributed by atoms with van der Waals surface area (Å²) < 4.78 is 0. The molecule has 0 unspecified atom stereocenters. The number of carbonyl (C=O) groups excluding carboxylic acids is 1. The zero-order chi connectivity index (χ0) is 20.6. The molecule has 30 heavy (non-hydrogen) atoms. The number of nitrogens with one attached hydrogen (secondary N) is 1. The predicted molar refractivity (Wildman–Crippen MR) is 135 cm³/mol. The first-order valence-corrected chi connectivity index (χ1v) is 11.1. The second kappa shape index (κ2) is 12.7. The monoisotopic (exact) mass is 547 g/mol. The highest BCUT2D eigenvalue weighted by molar-refractivity contribution is 14.0. The Labute approximate surface area is 203 Å². The summed E-state index contributed by atoms with van der Waals surface area (Å²) >= 11 is 5.96. The van der Waals surface area contributed by atoms with E-state index in [2.05, 4.69) is 25.0 Å². The molecule has 0 radical (unpaired) electrons. The second-order valence-corrected chi connectivity index (χ2v) is 8.54. The average Bonchev–Trinajstić information content (AvgIpc) is 3.27. The number of hydrogen-bond donors (Lipinski definition) is 1. The summed E-state index contributed by atoms with van der Waals surface area (Å²) in [4.78, 5) is 23.6. The molecule has 1 N–H and O–H groups in total. The van der Waals surface area contributed by atoms with Crippen molar-refractivity contribution < 1.29 is 4.79 Å². The highest BCUT2D eigenvalue weighted by atomic mass is 127. The number of carbonyl (C=O) groups is 1. The number of halogens is 2. The molecular weight excluding hydrogens is 513 g/mol. The Morgan fingerprint density at radius 1 is 1.17 bits per heavy atom. The van der Waals surface area contributed by atoms with Gasteiger partial charge in [-0.05, 0) is 30.5 Å². The Hall–Kier alpha value is -1.06. The van der Waals surface area contributed by atoms with E-state index in [1.165, 1.54) is 18.4 Å². The number of piperazine rings is 1. The van der Waals surface area contributed by atoms with Gasteiger partial charge in [0.1, 0.15) is 0 Å². The minimum atomic E-state index is 0. The lowest BCUT2D eigenvalue weighted by Gasteiger charge is -2.36. The maximum absolute atomic E-state index is 12.6. The average molecular weight is 548 g/mol. The highest BCUT2D eigenvalue weighted by Gasteiger charge is 2.29. The number of nitrogens with zero attached hydrogens (tertiary/aromatic N) is 4. The summed E-state index contributed by atoms with van der Waals surface area (Å²) in [6.07, 6.45) is 4.61. The lowest BCUT2D eigenvalue weighted by atomic mass is 10.1. The van der Waals surface area contributed by atoms with E-state index < -0.39 is 0 Å². The standard InChI is InChI=1S/C22H34ClN5O.HI/c1-24-22(26(2)17-18-7-9-20(23)10-8-18)25-11-12-27-13-15-28(16-14-27)21(29)19-5-3-4-6-19;/h7-10,19H,3-6,11-17H2,1-2H3,(H,24,25);1H. The van der Waals surface area contributed by atoms with Gasteiger partial charge in [-0.3, -0.25) is 14.7 Å². The minimum absolute atomic E-state index is 0. The van der Waals surface area contributed by atoms with Crippen molar-refractivity contribution in [1.82, 2.24) is 20.0 Å². The molecule has 3 rings (SSSR count). The molecule has 0 atom stereocenters. The molecule has 6 nitrogen and oxygen atoms in total. The summed E-state index contributed by atoms with van der Waals surface area (Å²) in [5.41, 5.74) is 1.20. The number of amides is 1. The first-order valence-electron chi connectivity index (χ1n) is 10.7. The van der Waals surface area contributed by atoms with E-state index >= 15 is 0 Å². The summed E-state index contributed by atoms with van der Waals surface area (Å²) in [6.45, 7) is 6.21.